The molecule has 2 heterocycles. The zero-order chi connectivity index (χ0) is 15.7. The topological polar surface area (TPSA) is 115 Å². The van der Waals surface area contributed by atoms with Crippen molar-refractivity contribution in [2.75, 3.05) is 6.54 Å². The highest BCUT2D eigenvalue weighted by atomic mass is 16.4. The summed E-state index contributed by atoms with van der Waals surface area (Å²) in [6.45, 7) is -0.619. The number of carboxylic acids is 1. The number of amides is 3. The summed E-state index contributed by atoms with van der Waals surface area (Å²) in [5, 5.41) is 11.2. The van der Waals surface area contributed by atoms with Crippen molar-refractivity contribution in [1.82, 2.24) is 20.2 Å². The van der Waals surface area contributed by atoms with Crippen molar-refractivity contribution in [3.05, 3.63) is 30.1 Å². The average molecular weight is 302 g/mol. The van der Waals surface area contributed by atoms with Crippen LogP contribution >= 0.6 is 0 Å². The van der Waals surface area contributed by atoms with E-state index in [1.54, 1.807) is 0 Å². The quantitative estimate of drug-likeness (QED) is 0.696. The first kappa shape index (κ1) is 14.1. The van der Waals surface area contributed by atoms with Crippen molar-refractivity contribution in [3.8, 4) is 0 Å². The number of carbonyl (C=O) groups excluding carboxylic acids is 2. The van der Waals surface area contributed by atoms with Gasteiger partial charge in [-0.1, -0.05) is 12.1 Å². The lowest BCUT2D eigenvalue weighted by Crippen LogP contribution is -2.36. The number of aliphatic carboxylic acids is 1. The number of H-pyrrole nitrogens is 1. The van der Waals surface area contributed by atoms with Crippen LogP contribution in [0.5, 0.6) is 0 Å². The fourth-order valence-corrected chi connectivity index (χ4v) is 2.46. The number of hydrogen-bond acceptors (Lipinski definition) is 4. The van der Waals surface area contributed by atoms with Crippen molar-refractivity contribution in [3.63, 3.8) is 0 Å². The minimum atomic E-state index is -1.22. The third kappa shape index (κ3) is 2.62. The van der Waals surface area contributed by atoms with Gasteiger partial charge < -0.3 is 15.4 Å². The van der Waals surface area contributed by atoms with Gasteiger partial charge in [0, 0.05) is 6.42 Å². The van der Waals surface area contributed by atoms with Gasteiger partial charge in [0.25, 0.3) is 5.91 Å². The Morgan fingerprint density at radius 3 is 2.82 bits per heavy atom. The number of fused-ring (bicyclic) bond motifs is 1. The summed E-state index contributed by atoms with van der Waals surface area (Å²) in [6.07, 6.45) is 0.840. The Morgan fingerprint density at radius 1 is 1.32 bits per heavy atom. The molecule has 0 aliphatic carbocycles. The number of benzene rings is 1. The average Bonchev–Trinajstić information content (AvgIpc) is 3.00. The summed E-state index contributed by atoms with van der Waals surface area (Å²) in [5.41, 5.74) is 1.75. The first-order chi connectivity index (χ1) is 10.5. The Balaban J connectivity index is 1.65. The molecule has 1 fully saturated rings. The highest BCUT2D eigenvalue weighted by Crippen LogP contribution is 2.14. The lowest BCUT2D eigenvalue weighted by atomic mass is 10.1. The highest BCUT2D eigenvalue weighted by molar-refractivity contribution is 6.05. The minimum Gasteiger partial charge on any atom is -0.480 e. The number of carbonyl (C=O) groups is 3. The SMILES string of the molecule is O=C(O)CN1C(=O)N[C@@H](CCc2nc3ccccc3[nH]2)C1=O. The molecular formula is C14H14N4O4. The van der Waals surface area contributed by atoms with Crippen LogP contribution in [0.4, 0.5) is 4.79 Å². The summed E-state index contributed by atoms with van der Waals surface area (Å²) >= 11 is 0. The molecule has 1 atom stereocenters. The van der Waals surface area contributed by atoms with Crippen LogP contribution in [0.25, 0.3) is 11.0 Å². The fraction of sp³-hybridized carbons (Fsp3) is 0.286. The van der Waals surface area contributed by atoms with Gasteiger partial charge in [-0.15, -0.1) is 0 Å². The van der Waals surface area contributed by atoms with E-state index in [2.05, 4.69) is 15.3 Å². The Labute approximate surface area is 125 Å². The number of imide groups is 1. The second kappa shape index (κ2) is 5.47. The highest BCUT2D eigenvalue weighted by Gasteiger charge is 2.38. The van der Waals surface area contributed by atoms with Crippen molar-refractivity contribution >= 4 is 28.9 Å². The van der Waals surface area contributed by atoms with E-state index in [1.165, 1.54) is 0 Å². The van der Waals surface area contributed by atoms with E-state index >= 15 is 0 Å². The molecule has 1 aromatic carbocycles. The number of hydrogen-bond donors (Lipinski definition) is 3. The van der Waals surface area contributed by atoms with E-state index in [0.29, 0.717) is 17.7 Å². The number of nitrogens with zero attached hydrogens (tertiary/aromatic N) is 2. The zero-order valence-corrected chi connectivity index (χ0v) is 11.6. The van der Waals surface area contributed by atoms with Crippen LogP contribution in [0.3, 0.4) is 0 Å². The molecule has 22 heavy (non-hydrogen) atoms. The van der Waals surface area contributed by atoms with E-state index in [4.69, 9.17) is 5.11 Å². The number of para-hydroxylation sites is 2. The van der Waals surface area contributed by atoms with Crippen LogP contribution in [-0.2, 0) is 16.0 Å². The maximum Gasteiger partial charge on any atom is 0.325 e. The molecule has 3 N–H and O–H groups in total. The Bertz CT molecular complexity index is 721. The molecule has 1 aliphatic rings. The molecule has 1 saturated heterocycles. The lowest BCUT2D eigenvalue weighted by Gasteiger charge is -2.09. The standard InChI is InChI=1S/C14H14N4O4/c19-12(20)7-18-13(21)10(17-14(18)22)5-6-11-15-8-3-1-2-4-9(8)16-11/h1-4,10H,5-7H2,(H,15,16)(H,17,22)(H,19,20)/t10-/m0/s1. The van der Waals surface area contributed by atoms with Crippen LogP contribution in [0.1, 0.15) is 12.2 Å². The van der Waals surface area contributed by atoms with Crippen molar-refractivity contribution in [1.29, 1.82) is 0 Å². The molecule has 3 rings (SSSR count). The Morgan fingerprint density at radius 2 is 2.09 bits per heavy atom. The smallest absolute Gasteiger partial charge is 0.325 e. The van der Waals surface area contributed by atoms with E-state index in [9.17, 15) is 14.4 Å². The van der Waals surface area contributed by atoms with Gasteiger partial charge in [-0.25, -0.2) is 9.78 Å². The number of aromatic nitrogens is 2. The van der Waals surface area contributed by atoms with Crippen molar-refractivity contribution in [2.45, 2.75) is 18.9 Å². The number of imidazole rings is 1. The van der Waals surface area contributed by atoms with Gasteiger partial charge in [0.05, 0.1) is 11.0 Å². The molecule has 2 aromatic rings. The molecule has 1 aromatic heterocycles. The van der Waals surface area contributed by atoms with Gasteiger partial charge in [-0.05, 0) is 18.6 Å². The van der Waals surface area contributed by atoms with Crippen LogP contribution < -0.4 is 5.32 Å². The first-order valence-electron chi connectivity index (χ1n) is 6.82. The molecule has 114 valence electrons. The zero-order valence-electron chi connectivity index (χ0n) is 11.6. The van der Waals surface area contributed by atoms with Crippen molar-refractivity contribution in [2.24, 2.45) is 0 Å². The number of aromatic amines is 1. The summed E-state index contributed by atoms with van der Waals surface area (Å²) in [7, 11) is 0. The summed E-state index contributed by atoms with van der Waals surface area (Å²) in [5.74, 6) is -1.01. The molecule has 0 radical (unpaired) electrons. The van der Waals surface area contributed by atoms with Crippen LogP contribution in [0.15, 0.2) is 24.3 Å². The molecule has 0 saturated carbocycles. The Kier molecular flexibility index (Phi) is 3.50. The first-order valence-corrected chi connectivity index (χ1v) is 6.82. The normalized spacial score (nSPS) is 18.0. The van der Waals surface area contributed by atoms with Crippen LogP contribution in [0.2, 0.25) is 0 Å². The summed E-state index contributed by atoms with van der Waals surface area (Å²) in [6, 6.07) is 6.20. The van der Waals surface area contributed by atoms with E-state index < -0.39 is 30.5 Å². The van der Waals surface area contributed by atoms with E-state index in [-0.39, 0.29) is 0 Å². The lowest BCUT2D eigenvalue weighted by molar-refractivity contribution is -0.141. The predicted molar refractivity (Wildman–Crippen MR) is 76.1 cm³/mol. The van der Waals surface area contributed by atoms with Crippen LogP contribution in [0, 0.1) is 0 Å². The molecule has 1 aliphatic heterocycles. The number of urea groups is 1. The maximum absolute atomic E-state index is 12.0. The second-order valence-electron chi connectivity index (χ2n) is 5.06. The molecule has 0 unspecified atom stereocenters. The monoisotopic (exact) mass is 302 g/mol. The number of rotatable bonds is 5. The van der Waals surface area contributed by atoms with E-state index in [1.807, 2.05) is 24.3 Å². The largest absolute Gasteiger partial charge is 0.480 e. The van der Waals surface area contributed by atoms with Crippen molar-refractivity contribution < 1.29 is 19.5 Å². The third-order valence-electron chi connectivity index (χ3n) is 3.51. The summed E-state index contributed by atoms with van der Waals surface area (Å²) < 4.78 is 0. The van der Waals surface area contributed by atoms with Gasteiger partial charge in [-0.2, -0.15) is 0 Å². The van der Waals surface area contributed by atoms with Gasteiger partial charge in [-0.3, -0.25) is 14.5 Å². The minimum absolute atomic E-state index is 0.362. The summed E-state index contributed by atoms with van der Waals surface area (Å²) in [4.78, 5) is 42.5. The van der Waals surface area contributed by atoms with Gasteiger partial charge >= 0.3 is 12.0 Å². The maximum atomic E-state index is 12.0. The van der Waals surface area contributed by atoms with Gasteiger partial charge in [0.2, 0.25) is 0 Å². The molecule has 3 amide bonds. The third-order valence-corrected chi connectivity index (χ3v) is 3.51. The second-order valence-corrected chi connectivity index (χ2v) is 5.06. The molecule has 0 bridgehead atoms. The molecule has 8 nitrogen and oxygen atoms in total. The molecule has 8 heteroatoms. The van der Waals surface area contributed by atoms with Gasteiger partial charge in [0.15, 0.2) is 0 Å². The fourth-order valence-electron chi connectivity index (χ4n) is 2.46. The molecule has 0 spiro atoms. The predicted octanol–water partition coefficient (Wildman–Crippen LogP) is 0.500. The Hall–Kier alpha value is -2.90. The molecular weight excluding hydrogens is 288 g/mol. The number of aryl methyl sites for hydroxylation is 1. The van der Waals surface area contributed by atoms with E-state index in [0.717, 1.165) is 16.9 Å². The van der Waals surface area contributed by atoms with Gasteiger partial charge in [0.1, 0.15) is 18.4 Å². The number of nitrogens with one attached hydrogen (secondary N) is 2. The van der Waals surface area contributed by atoms with Crippen LogP contribution in [-0.4, -0.2) is 50.5 Å². The number of carboxylic acid groups (broad SMARTS) is 1.